The summed E-state index contributed by atoms with van der Waals surface area (Å²) in [6.45, 7) is 1.43. The summed E-state index contributed by atoms with van der Waals surface area (Å²) in [5, 5.41) is 5.53. The van der Waals surface area contributed by atoms with Crippen LogP contribution in [0.15, 0.2) is 29.6 Å². The standard InChI is InChI=1S/C14H12N4O2S/c1-7(19)12-6-21-14(17-12)18-13(20)11-5-8-4-9(15)2-3-10(8)16-11/h2-6,16H,15H2,1H3,(H,17,18,20). The summed E-state index contributed by atoms with van der Waals surface area (Å²) in [5.74, 6) is -0.443. The fourth-order valence-corrected chi connectivity index (χ4v) is 2.68. The Morgan fingerprint density at radius 3 is 2.86 bits per heavy atom. The monoisotopic (exact) mass is 300 g/mol. The molecule has 0 atom stereocenters. The van der Waals surface area contributed by atoms with Gasteiger partial charge in [0.2, 0.25) is 0 Å². The molecule has 7 heteroatoms. The maximum atomic E-state index is 12.2. The summed E-state index contributed by atoms with van der Waals surface area (Å²) >= 11 is 1.21. The summed E-state index contributed by atoms with van der Waals surface area (Å²) < 4.78 is 0. The van der Waals surface area contributed by atoms with E-state index in [1.54, 1.807) is 23.6 Å². The van der Waals surface area contributed by atoms with E-state index in [2.05, 4.69) is 15.3 Å². The smallest absolute Gasteiger partial charge is 0.273 e. The number of thiazole rings is 1. The van der Waals surface area contributed by atoms with Crippen molar-refractivity contribution in [1.82, 2.24) is 9.97 Å². The largest absolute Gasteiger partial charge is 0.399 e. The van der Waals surface area contributed by atoms with E-state index in [4.69, 9.17) is 5.73 Å². The Hall–Kier alpha value is -2.67. The molecule has 0 fully saturated rings. The molecule has 1 aromatic carbocycles. The predicted molar refractivity (Wildman–Crippen MR) is 82.8 cm³/mol. The van der Waals surface area contributed by atoms with E-state index in [0.29, 0.717) is 22.2 Å². The van der Waals surface area contributed by atoms with Crippen molar-refractivity contribution in [3.8, 4) is 0 Å². The lowest BCUT2D eigenvalue weighted by atomic mass is 10.2. The summed E-state index contributed by atoms with van der Waals surface area (Å²) in [7, 11) is 0. The van der Waals surface area contributed by atoms with E-state index in [1.807, 2.05) is 6.07 Å². The van der Waals surface area contributed by atoms with Gasteiger partial charge in [-0.2, -0.15) is 0 Å². The number of aromatic amines is 1. The third-order valence-electron chi connectivity index (χ3n) is 2.97. The molecule has 0 aliphatic carbocycles. The van der Waals surface area contributed by atoms with Gasteiger partial charge in [0.15, 0.2) is 10.9 Å². The highest BCUT2D eigenvalue weighted by atomic mass is 32.1. The molecule has 0 spiro atoms. The normalized spacial score (nSPS) is 10.7. The number of nitrogens with two attached hydrogens (primary N) is 1. The van der Waals surface area contributed by atoms with Gasteiger partial charge in [0.25, 0.3) is 5.91 Å². The van der Waals surface area contributed by atoms with Crippen LogP contribution in [0.3, 0.4) is 0 Å². The minimum absolute atomic E-state index is 0.132. The first-order valence-electron chi connectivity index (χ1n) is 6.19. The number of rotatable bonds is 3. The van der Waals surface area contributed by atoms with Crippen LogP contribution in [0.4, 0.5) is 10.8 Å². The van der Waals surface area contributed by atoms with Crippen molar-refractivity contribution in [3.63, 3.8) is 0 Å². The highest BCUT2D eigenvalue weighted by Crippen LogP contribution is 2.20. The average Bonchev–Trinajstić information content (AvgIpc) is 3.04. The Kier molecular flexibility index (Phi) is 3.19. The molecule has 6 nitrogen and oxygen atoms in total. The van der Waals surface area contributed by atoms with Crippen LogP contribution < -0.4 is 11.1 Å². The van der Waals surface area contributed by atoms with Gasteiger partial charge >= 0.3 is 0 Å². The molecule has 0 saturated carbocycles. The zero-order valence-electron chi connectivity index (χ0n) is 11.1. The first-order chi connectivity index (χ1) is 10.0. The van der Waals surface area contributed by atoms with Gasteiger partial charge in [-0.1, -0.05) is 0 Å². The third kappa shape index (κ3) is 2.63. The predicted octanol–water partition coefficient (Wildman–Crippen LogP) is 2.66. The van der Waals surface area contributed by atoms with Crippen molar-refractivity contribution >= 4 is 44.7 Å². The number of carbonyl (C=O) groups is 2. The second kappa shape index (κ2) is 5.02. The number of carbonyl (C=O) groups excluding carboxylic acids is 2. The molecule has 21 heavy (non-hydrogen) atoms. The second-order valence-electron chi connectivity index (χ2n) is 4.58. The van der Waals surface area contributed by atoms with E-state index in [1.165, 1.54) is 18.3 Å². The van der Waals surface area contributed by atoms with Crippen LogP contribution in [0.25, 0.3) is 10.9 Å². The van der Waals surface area contributed by atoms with Gasteiger partial charge < -0.3 is 10.7 Å². The number of nitrogen functional groups attached to an aromatic ring is 1. The Bertz CT molecular complexity index is 850. The Morgan fingerprint density at radius 2 is 2.14 bits per heavy atom. The second-order valence-corrected chi connectivity index (χ2v) is 5.44. The Balaban J connectivity index is 1.84. The Labute approximate surface area is 124 Å². The Morgan fingerprint density at radius 1 is 1.33 bits per heavy atom. The molecule has 0 saturated heterocycles. The quantitative estimate of drug-likeness (QED) is 0.511. The number of nitrogens with zero attached hydrogens (tertiary/aromatic N) is 1. The number of Topliss-reactive ketones (excluding diaryl/α,β-unsaturated/α-hetero) is 1. The molecule has 0 unspecified atom stereocenters. The topological polar surface area (TPSA) is 101 Å². The number of anilines is 2. The molecule has 3 aromatic rings. The summed E-state index contributed by atoms with van der Waals surface area (Å²) in [6.07, 6.45) is 0. The van der Waals surface area contributed by atoms with E-state index in [-0.39, 0.29) is 11.7 Å². The molecule has 4 N–H and O–H groups in total. The molecule has 0 aliphatic rings. The molecule has 3 rings (SSSR count). The molecule has 0 bridgehead atoms. The lowest BCUT2D eigenvalue weighted by molar-refractivity contribution is 0.100. The molecular weight excluding hydrogens is 288 g/mol. The first-order valence-corrected chi connectivity index (χ1v) is 7.07. The number of nitrogens with one attached hydrogen (secondary N) is 2. The van der Waals surface area contributed by atoms with Crippen molar-refractivity contribution < 1.29 is 9.59 Å². The van der Waals surface area contributed by atoms with Gasteiger partial charge in [-0.25, -0.2) is 4.98 Å². The number of aromatic nitrogens is 2. The third-order valence-corrected chi connectivity index (χ3v) is 3.73. The summed E-state index contributed by atoms with van der Waals surface area (Å²) in [6, 6.07) is 7.10. The molecular formula is C14H12N4O2S. The fourth-order valence-electron chi connectivity index (χ4n) is 1.93. The zero-order valence-corrected chi connectivity index (χ0v) is 12.0. The van der Waals surface area contributed by atoms with Gasteiger partial charge in [-0.15, -0.1) is 11.3 Å². The minimum Gasteiger partial charge on any atom is -0.399 e. The average molecular weight is 300 g/mol. The number of fused-ring (bicyclic) bond motifs is 1. The van der Waals surface area contributed by atoms with Gasteiger partial charge in [-0.3, -0.25) is 14.9 Å². The fraction of sp³-hybridized carbons (Fsp3) is 0.0714. The first kappa shape index (κ1) is 13.3. The van der Waals surface area contributed by atoms with E-state index < -0.39 is 0 Å². The number of hydrogen-bond donors (Lipinski definition) is 3. The van der Waals surface area contributed by atoms with Crippen molar-refractivity contribution in [2.45, 2.75) is 6.92 Å². The van der Waals surface area contributed by atoms with Gasteiger partial charge in [0.1, 0.15) is 11.4 Å². The maximum Gasteiger partial charge on any atom is 0.273 e. The lowest BCUT2D eigenvalue weighted by Gasteiger charge is -1.97. The number of amides is 1. The lowest BCUT2D eigenvalue weighted by Crippen LogP contribution is -2.12. The number of benzene rings is 1. The zero-order chi connectivity index (χ0) is 15.0. The van der Waals surface area contributed by atoms with Gasteiger partial charge in [0.05, 0.1) is 0 Å². The minimum atomic E-state index is -0.311. The van der Waals surface area contributed by atoms with E-state index in [9.17, 15) is 9.59 Å². The van der Waals surface area contributed by atoms with Crippen LogP contribution >= 0.6 is 11.3 Å². The summed E-state index contributed by atoms with van der Waals surface area (Å²) in [5.41, 5.74) is 7.94. The van der Waals surface area contributed by atoms with E-state index in [0.717, 1.165) is 10.9 Å². The highest BCUT2D eigenvalue weighted by Gasteiger charge is 2.13. The number of ketones is 1. The molecule has 2 heterocycles. The summed E-state index contributed by atoms with van der Waals surface area (Å²) in [4.78, 5) is 30.4. The van der Waals surface area contributed by atoms with Crippen LogP contribution in [-0.4, -0.2) is 21.7 Å². The van der Waals surface area contributed by atoms with E-state index >= 15 is 0 Å². The molecule has 2 aromatic heterocycles. The number of hydrogen-bond acceptors (Lipinski definition) is 5. The SMILES string of the molecule is CC(=O)c1csc(NC(=O)c2cc3cc(N)ccc3[nH]2)n1. The van der Waals surface area contributed by atoms with Crippen LogP contribution in [-0.2, 0) is 0 Å². The molecule has 0 aliphatic heterocycles. The van der Waals surface area contributed by atoms with Crippen LogP contribution in [0.5, 0.6) is 0 Å². The maximum absolute atomic E-state index is 12.2. The highest BCUT2D eigenvalue weighted by molar-refractivity contribution is 7.14. The van der Waals surface area contributed by atoms with Crippen LogP contribution in [0, 0.1) is 0 Å². The van der Waals surface area contributed by atoms with Gasteiger partial charge in [0, 0.05) is 28.9 Å². The van der Waals surface area contributed by atoms with Crippen molar-refractivity contribution in [1.29, 1.82) is 0 Å². The van der Waals surface area contributed by atoms with Crippen molar-refractivity contribution in [2.24, 2.45) is 0 Å². The van der Waals surface area contributed by atoms with Crippen LogP contribution in [0.2, 0.25) is 0 Å². The molecule has 0 radical (unpaired) electrons. The number of H-pyrrole nitrogens is 1. The molecule has 1 amide bonds. The van der Waals surface area contributed by atoms with Gasteiger partial charge in [-0.05, 0) is 24.3 Å². The molecule has 106 valence electrons. The van der Waals surface area contributed by atoms with Crippen molar-refractivity contribution in [3.05, 3.63) is 41.0 Å². The van der Waals surface area contributed by atoms with Crippen LogP contribution in [0.1, 0.15) is 27.9 Å². The van der Waals surface area contributed by atoms with Crippen molar-refractivity contribution in [2.75, 3.05) is 11.1 Å².